The molecule has 130 valence electrons. The largest absolute Gasteiger partial charge is 0.466 e. The van der Waals surface area contributed by atoms with Gasteiger partial charge in [-0.2, -0.15) is 0 Å². The quantitative estimate of drug-likeness (QED) is 0.621. The van der Waals surface area contributed by atoms with Crippen LogP contribution in [0.15, 0.2) is 52.1 Å². The van der Waals surface area contributed by atoms with Crippen LogP contribution < -0.4 is 5.32 Å². The third kappa shape index (κ3) is 5.01. The van der Waals surface area contributed by atoms with Crippen molar-refractivity contribution >= 4 is 17.6 Å². The van der Waals surface area contributed by atoms with Crippen molar-refractivity contribution in [2.24, 2.45) is 4.99 Å². The molecule has 0 saturated heterocycles. The van der Waals surface area contributed by atoms with Crippen LogP contribution in [0.5, 0.6) is 0 Å². The van der Waals surface area contributed by atoms with Gasteiger partial charge in [-0.25, -0.2) is 4.99 Å². The van der Waals surface area contributed by atoms with E-state index in [0.29, 0.717) is 12.3 Å². The Hall–Kier alpha value is -1.98. The molecule has 0 amide bonds. The fourth-order valence-electron chi connectivity index (χ4n) is 2.30. The van der Waals surface area contributed by atoms with Crippen LogP contribution in [-0.2, 0) is 12.1 Å². The lowest BCUT2D eigenvalue weighted by molar-refractivity contribution is 0.0435. The smallest absolute Gasteiger partial charge is 0.194 e. The molecular weight excluding hydrogens is 326 g/mol. The van der Waals surface area contributed by atoms with E-state index in [9.17, 15) is 5.11 Å². The molecule has 24 heavy (non-hydrogen) atoms. The number of benzene rings is 1. The van der Waals surface area contributed by atoms with E-state index in [4.69, 9.17) is 16.0 Å². The minimum atomic E-state index is -1.15. The second-order valence-corrected chi connectivity index (χ2v) is 6.34. The normalized spacial score (nSPS) is 14.3. The van der Waals surface area contributed by atoms with Crippen LogP contribution in [-0.4, -0.2) is 36.1 Å². The van der Waals surface area contributed by atoms with Gasteiger partial charge < -0.3 is 19.7 Å². The summed E-state index contributed by atoms with van der Waals surface area (Å²) in [7, 11) is 1.96. The highest BCUT2D eigenvalue weighted by Crippen LogP contribution is 2.21. The molecule has 6 heteroatoms. The first kappa shape index (κ1) is 18.4. The lowest BCUT2D eigenvalue weighted by Gasteiger charge is -2.24. The second kappa shape index (κ2) is 8.22. The maximum atomic E-state index is 10.5. The number of rotatable bonds is 6. The van der Waals surface area contributed by atoms with Gasteiger partial charge in [0.25, 0.3) is 0 Å². The van der Waals surface area contributed by atoms with Gasteiger partial charge in [0.2, 0.25) is 0 Å². The summed E-state index contributed by atoms with van der Waals surface area (Å²) in [5.74, 6) is 1.22. The Morgan fingerprint density at radius 1 is 1.33 bits per heavy atom. The summed E-state index contributed by atoms with van der Waals surface area (Å²) in [6.07, 6.45) is 1.55. The van der Waals surface area contributed by atoms with Crippen molar-refractivity contribution in [1.29, 1.82) is 0 Å². The van der Waals surface area contributed by atoms with Gasteiger partial charge in [-0.1, -0.05) is 23.7 Å². The van der Waals surface area contributed by atoms with Crippen molar-refractivity contribution < 1.29 is 9.52 Å². The van der Waals surface area contributed by atoms with Crippen molar-refractivity contribution in [2.45, 2.75) is 26.0 Å². The molecule has 1 unspecified atom stereocenters. The Kier molecular flexibility index (Phi) is 6.29. The first-order valence-corrected chi connectivity index (χ1v) is 8.30. The summed E-state index contributed by atoms with van der Waals surface area (Å²) in [6.45, 7) is 5.33. The Morgan fingerprint density at radius 3 is 2.62 bits per heavy atom. The highest BCUT2D eigenvalue weighted by molar-refractivity contribution is 6.30. The highest BCUT2D eigenvalue weighted by atomic mass is 35.5. The summed E-state index contributed by atoms with van der Waals surface area (Å²) < 4.78 is 5.29. The fourth-order valence-corrected chi connectivity index (χ4v) is 2.43. The zero-order valence-electron chi connectivity index (χ0n) is 14.3. The number of halogens is 1. The molecule has 0 bridgehead atoms. The fraction of sp³-hybridized carbons (Fsp3) is 0.389. The lowest BCUT2D eigenvalue weighted by atomic mass is 10.0. The summed E-state index contributed by atoms with van der Waals surface area (Å²) >= 11 is 5.92. The van der Waals surface area contributed by atoms with Crippen molar-refractivity contribution in [2.75, 3.05) is 20.1 Å². The molecule has 1 aromatic heterocycles. The van der Waals surface area contributed by atoms with Gasteiger partial charge in [0.1, 0.15) is 11.4 Å². The highest BCUT2D eigenvalue weighted by Gasteiger charge is 2.26. The van der Waals surface area contributed by atoms with Gasteiger partial charge in [-0.05, 0) is 43.7 Å². The average molecular weight is 350 g/mol. The second-order valence-electron chi connectivity index (χ2n) is 5.90. The molecule has 2 N–H and O–H groups in total. The molecule has 2 aromatic rings. The lowest BCUT2D eigenvalue weighted by Crippen LogP contribution is -2.39. The molecule has 0 fully saturated rings. The zero-order chi connectivity index (χ0) is 17.6. The monoisotopic (exact) mass is 349 g/mol. The van der Waals surface area contributed by atoms with Gasteiger partial charge in [0.05, 0.1) is 12.8 Å². The number of furan rings is 1. The molecule has 0 aliphatic heterocycles. The molecular formula is C18H24ClN3O2. The van der Waals surface area contributed by atoms with Gasteiger partial charge in [-0.3, -0.25) is 0 Å². The van der Waals surface area contributed by atoms with Crippen molar-refractivity contribution in [3.63, 3.8) is 0 Å². The van der Waals surface area contributed by atoms with Crippen molar-refractivity contribution in [1.82, 2.24) is 10.2 Å². The molecule has 0 radical (unpaired) electrons. The topological polar surface area (TPSA) is 61.0 Å². The van der Waals surface area contributed by atoms with Crippen LogP contribution in [0.25, 0.3) is 0 Å². The predicted octanol–water partition coefficient (Wildman–Crippen LogP) is 3.24. The molecule has 1 heterocycles. The molecule has 0 aliphatic rings. The molecule has 1 aromatic carbocycles. The summed E-state index contributed by atoms with van der Waals surface area (Å²) in [5, 5.41) is 14.5. The summed E-state index contributed by atoms with van der Waals surface area (Å²) in [5.41, 5.74) is -0.0176. The molecule has 0 aliphatic carbocycles. The van der Waals surface area contributed by atoms with Gasteiger partial charge >= 0.3 is 0 Å². The van der Waals surface area contributed by atoms with Gasteiger partial charge in [-0.15, -0.1) is 0 Å². The zero-order valence-corrected chi connectivity index (χ0v) is 15.0. The molecule has 5 nitrogen and oxygen atoms in total. The number of nitrogens with zero attached hydrogens (tertiary/aromatic N) is 2. The van der Waals surface area contributed by atoms with Crippen LogP contribution in [0.3, 0.4) is 0 Å². The van der Waals surface area contributed by atoms with E-state index in [2.05, 4.69) is 10.3 Å². The third-order valence-corrected chi connectivity index (χ3v) is 3.87. The van der Waals surface area contributed by atoms with Gasteiger partial charge in [0, 0.05) is 25.2 Å². The number of nitrogens with one attached hydrogen (secondary N) is 1. The summed E-state index contributed by atoms with van der Waals surface area (Å²) in [6, 6.07) is 11.2. The Balaban J connectivity index is 2.08. The molecule has 0 saturated carbocycles. The Bertz CT molecular complexity index is 651. The van der Waals surface area contributed by atoms with Crippen LogP contribution >= 0.6 is 11.6 Å². The van der Waals surface area contributed by atoms with Crippen molar-refractivity contribution in [3.8, 4) is 0 Å². The van der Waals surface area contributed by atoms with Gasteiger partial charge in [0.15, 0.2) is 5.96 Å². The number of guanidine groups is 1. The maximum Gasteiger partial charge on any atom is 0.194 e. The molecule has 1 atom stereocenters. The van der Waals surface area contributed by atoms with E-state index in [1.54, 1.807) is 25.3 Å². The standard InChI is InChI=1S/C18H24ClN3O2/c1-4-20-17(21-13-18(2,23)16-6-5-11-24-16)22(3)12-14-7-9-15(19)10-8-14/h5-11,23H,4,12-13H2,1-3H3,(H,20,21). The van der Waals surface area contributed by atoms with Crippen LogP contribution in [0, 0.1) is 0 Å². The van der Waals surface area contributed by atoms with Crippen LogP contribution in [0.1, 0.15) is 25.2 Å². The average Bonchev–Trinajstić information content (AvgIpc) is 3.09. The molecule has 0 spiro atoms. The minimum Gasteiger partial charge on any atom is -0.466 e. The number of hydrogen-bond donors (Lipinski definition) is 2. The van der Waals surface area contributed by atoms with E-state index in [1.165, 1.54) is 0 Å². The Morgan fingerprint density at radius 2 is 2.04 bits per heavy atom. The first-order chi connectivity index (χ1) is 11.4. The molecule has 2 rings (SSSR count). The first-order valence-electron chi connectivity index (χ1n) is 7.92. The van der Waals surface area contributed by atoms with Crippen LogP contribution in [0.2, 0.25) is 5.02 Å². The van der Waals surface area contributed by atoms with E-state index in [1.807, 2.05) is 43.1 Å². The van der Waals surface area contributed by atoms with Crippen molar-refractivity contribution in [3.05, 3.63) is 59.0 Å². The van der Waals surface area contributed by atoms with E-state index in [-0.39, 0.29) is 6.54 Å². The SMILES string of the molecule is CCNC(=NCC(C)(O)c1ccco1)N(C)Cc1ccc(Cl)cc1. The number of hydrogen-bond acceptors (Lipinski definition) is 3. The third-order valence-electron chi connectivity index (χ3n) is 3.62. The minimum absolute atomic E-state index is 0.202. The predicted molar refractivity (Wildman–Crippen MR) is 97.2 cm³/mol. The van der Waals surface area contributed by atoms with E-state index >= 15 is 0 Å². The number of aliphatic hydroxyl groups is 1. The summed E-state index contributed by atoms with van der Waals surface area (Å²) in [4.78, 5) is 6.56. The maximum absolute atomic E-state index is 10.5. The van der Waals surface area contributed by atoms with E-state index in [0.717, 1.165) is 23.1 Å². The number of aliphatic imine (C=N–C) groups is 1. The Labute approximate surface area is 148 Å². The van der Waals surface area contributed by atoms with Crippen LogP contribution in [0.4, 0.5) is 0 Å². The van der Waals surface area contributed by atoms with E-state index < -0.39 is 5.60 Å².